The van der Waals surface area contributed by atoms with E-state index in [9.17, 15) is 25.9 Å². The molecule has 13 heteroatoms. The first kappa shape index (κ1) is 31.3. The van der Waals surface area contributed by atoms with Crippen molar-refractivity contribution in [2.24, 2.45) is 0 Å². The van der Waals surface area contributed by atoms with E-state index in [1.165, 1.54) is 0 Å². The minimum atomic E-state index is -4.29. The Morgan fingerprint density at radius 1 is 0.974 bits per heavy atom. The number of aryl methyl sites for hydroxylation is 1. The molecule has 1 aliphatic rings. The number of benzene rings is 2. The van der Waals surface area contributed by atoms with E-state index in [0.29, 0.717) is 13.1 Å². The van der Waals surface area contributed by atoms with E-state index in [-0.39, 0.29) is 42.4 Å². The zero-order chi connectivity index (χ0) is 26.6. The average molecular weight is 603 g/mol. The molecule has 0 fully saturated rings. The van der Waals surface area contributed by atoms with Crippen LogP contribution in [-0.4, -0.2) is 44.0 Å². The standard InChI is InChI=1S/C25H28N2O6S4.Na/c1-2-19(17-24-26(13-7-15-36(28,29)30)20-9-3-5-11-22(20)34-24)18-25-27(14-8-16-37(31,32)33)21-10-4-6-12-23(21)35-25;/h3-6,9-12,17-18H,2,7-8,13-16H2,1H3,(H-,28,29,30,31,32,33);/q;+1/p-1. The van der Waals surface area contributed by atoms with Crippen LogP contribution in [0.5, 0.6) is 0 Å². The van der Waals surface area contributed by atoms with Gasteiger partial charge in [0.1, 0.15) is 4.70 Å². The van der Waals surface area contributed by atoms with Crippen LogP contribution >= 0.6 is 23.1 Å². The van der Waals surface area contributed by atoms with Crippen LogP contribution in [0.15, 0.2) is 70.1 Å². The van der Waals surface area contributed by atoms with Crippen LogP contribution < -0.4 is 39.0 Å². The Morgan fingerprint density at radius 3 is 2.34 bits per heavy atom. The van der Waals surface area contributed by atoms with Gasteiger partial charge in [0, 0.05) is 41.5 Å². The fourth-order valence-corrected chi connectivity index (χ4v) is 7.44. The first-order chi connectivity index (χ1) is 17.5. The molecule has 1 aromatic heterocycles. The number of aromatic nitrogens is 1. The molecule has 38 heavy (non-hydrogen) atoms. The molecule has 0 saturated heterocycles. The topological polar surface area (TPSA) is 122 Å². The first-order valence-corrected chi connectivity index (χ1v) is 16.6. The third kappa shape index (κ3) is 8.39. The Balaban J connectivity index is 0.00000400. The normalized spacial score (nSPS) is 15.2. The molecule has 0 bridgehead atoms. The zero-order valence-corrected chi connectivity index (χ0v) is 26.5. The van der Waals surface area contributed by atoms with Gasteiger partial charge in [0.2, 0.25) is 5.52 Å². The van der Waals surface area contributed by atoms with Crippen LogP contribution in [0.1, 0.15) is 31.2 Å². The molecule has 8 nitrogen and oxygen atoms in total. The summed E-state index contributed by atoms with van der Waals surface area (Å²) < 4.78 is 70.0. The van der Waals surface area contributed by atoms with Gasteiger partial charge < -0.3 is 14.0 Å². The first-order valence-electron chi connectivity index (χ1n) is 11.8. The number of thioether (sulfide) groups is 1. The third-order valence-corrected chi connectivity index (χ3v) is 9.65. The second kappa shape index (κ2) is 13.4. The summed E-state index contributed by atoms with van der Waals surface area (Å²) in [4.78, 5) is 3.11. The average Bonchev–Trinajstić information content (AvgIpc) is 3.35. The second-order valence-electron chi connectivity index (χ2n) is 8.57. The van der Waals surface area contributed by atoms with Gasteiger partial charge in [-0.25, -0.2) is 16.8 Å². The molecular weight excluding hydrogens is 576 g/mol. The van der Waals surface area contributed by atoms with E-state index >= 15 is 0 Å². The number of hydrogen-bond acceptors (Lipinski definition) is 9. The number of nitrogens with zero attached hydrogens (tertiary/aromatic N) is 2. The van der Waals surface area contributed by atoms with Crippen molar-refractivity contribution < 1.29 is 60.1 Å². The molecule has 2 aromatic carbocycles. The summed E-state index contributed by atoms with van der Waals surface area (Å²) in [6, 6.07) is 15.7. The molecule has 0 unspecified atom stereocenters. The van der Waals surface area contributed by atoms with Crippen LogP contribution in [-0.2, 0) is 26.8 Å². The van der Waals surface area contributed by atoms with Gasteiger partial charge in [-0.2, -0.15) is 4.57 Å². The Bertz CT molecular complexity index is 1570. The molecule has 0 spiro atoms. The summed E-state index contributed by atoms with van der Waals surface area (Å²) >= 11 is 3.19. The smallest absolute Gasteiger partial charge is 0.748 e. The van der Waals surface area contributed by atoms with Crippen LogP contribution in [0.2, 0.25) is 0 Å². The maximum absolute atomic E-state index is 11.1. The summed E-state index contributed by atoms with van der Waals surface area (Å²) in [6.07, 6.45) is 5.33. The van der Waals surface area contributed by atoms with E-state index in [1.54, 1.807) is 23.1 Å². The van der Waals surface area contributed by atoms with Crippen LogP contribution in [0.4, 0.5) is 5.69 Å². The predicted molar refractivity (Wildman–Crippen MR) is 146 cm³/mol. The molecular formula is C25H27N2NaO6S4. The van der Waals surface area contributed by atoms with Gasteiger partial charge in [0.05, 0.1) is 31.0 Å². The second-order valence-corrected chi connectivity index (χ2v) is 13.7. The van der Waals surface area contributed by atoms with E-state index in [0.717, 1.165) is 42.8 Å². The van der Waals surface area contributed by atoms with E-state index in [1.807, 2.05) is 64.9 Å². The van der Waals surface area contributed by atoms with Crippen molar-refractivity contribution in [2.45, 2.75) is 37.6 Å². The molecule has 0 saturated carbocycles. The Hall–Kier alpha value is -1.22. The van der Waals surface area contributed by atoms with Crippen molar-refractivity contribution in [3.05, 3.63) is 70.2 Å². The number of hydrogen-bond donors (Lipinski definition) is 0. The molecule has 0 radical (unpaired) electrons. The number of fused-ring (bicyclic) bond motifs is 2. The molecule has 0 amide bonds. The Kier molecular flexibility index (Phi) is 11.1. The van der Waals surface area contributed by atoms with E-state index in [4.69, 9.17) is 0 Å². The van der Waals surface area contributed by atoms with Crippen LogP contribution in [0.25, 0.3) is 16.3 Å². The fraction of sp³-hybridized carbons (Fsp3) is 0.320. The Morgan fingerprint density at radius 2 is 1.63 bits per heavy atom. The van der Waals surface area contributed by atoms with Gasteiger partial charge >= 0.3 is 29.6 Å². The van der Waals surface area contributed by atoms with Crippen molar-refractivity contribution in [1.82, 2.24) is 0 Å². The molecule has 2 heterocycles. The minimum absolute atomic E-state index is 0. The van der Waals surface area contributed by atoms with Gasteiger partial charge in [0.15, 0.2) is 6.54 Å². The summed E-state index contributed by atoms with van der Waals surface area (Å²) in [5, 5.41) is 1.89. The van der Waals surface area contributed by atoms with Crippen molar-refractivity contribution in [3.8, 4) is 0 Å². The largest absolute Gasteiger partial charge is 1.00 e. The van der Waals surface area contributed by atoms with Crippen molar-refractivity contribution in [2.75, 3.05) is 23.0 Å². The maximum atomic E-state index is 11.1. The molecule has 3 aromatic rings. The molecule has 0 N–H and O–H groups in total. The summed E-state index contributed by atoms with van der Waals surface area (Å²) in [6.45, 7) is 2.85. The number of para-hydroxylation sites is 2. The number of thiazole rings is 1. The van der Waals surface area contributed by atoms with Gasteiger partial charge in [-0.1, -0.05) is 54.3 Å². The van der Waals surface area contributed by atoms with Crippen LogP contribution in [0.3, 0.4) is 0 Å². The van der Waals surface area contributed by atoms with Gasteiger partial charge in [0.25, 0.3) is 5.01 Å². The molecule has 198 valence electrons. The SMILES string of the molecule is CCC(/C=C1\Sc2ccccc2N1CCCS(=O)(=O)[O-])=C\c1sc2ccccc2[n+]1CCCS(=O)(=O)[O-].[Na+]. The van der Waals surface area contributed by atoms with Gasteiger partial charge in [-0.3, -0.25) is 0 Å². The minimum Gasteiger partial charge on any atom is -0.748 e. The molecule has 4 rings (SSSR count). The van der Waals surface area contributed by atoms with E-state index < -0.39 is 31.7 Å². The van der Waals surface area contributed by atoms with Crippen molar-refractivity contribution >= 4 is 65.3 Å². The predicted octanol–water partition coefficient (Wildman–Crippen LogP) is 1.31. The quantitative estimate of drug-likeness (QED) is 0.183. The molecule has 0 aliphatic carbocycles. The summed E-state index contributed by atoms with van der Waals surface area (Å²) in [7, 11) is -8.57. The molecule has 0 atom stereocenters. The van der Waals surface area contributed by atoms with Crippen molar-refractivity contribution in [3.63, 3.8) is 0 Å². The van der Waals surface area contributed by atoms with E-state index in [2.05, 4.69) is 12.2 Å². The monoisotopic (exact) mass is 602 g/mol. The van der Waals surface area contributed by atoms with Crippen molar-refractivity contribution in [1.29, 1.82) is 0 Å². The number of anilines is 1. The summed E-state index contributed by atoms with van der Waals surface area (Å²) in [5.74, 6) is -0.831. The molecule has 1 aliphatic heterocycles. The third-order valence-electron chi connectivity index (χ3n) is 5.85. The van der Waals surface area contributed by atoms with Gasteiger partial charge in [-0.05, 0) is 42.7 Å². The maximum Gasteiger partial charge on any atom is 1.00 e. The van der Waals surface area contributed by atoms with Gasteiger partial charge in [-0.15, -0.1) is 0 Å². The number of allylic oxidation sites excluding steroid dienone is 2. The fourth-order valence-electron chi connectivity index (χ4n) is 4.14. The summed E-state index contributed by atoms with van der Waals surface area (Å²) in [5.41, 5.74) is 3.00. The Labute approximate surface area is 254 Å². The van der Waals surface area contributed by atoms with Crippen LogP contribution in [0, 0.1) is 0 Å². The zero-order valence-electron chi connectivity index (χ0n) is 21.2. The number of rotatable bonds is 11.